The fourth-order valence-corrected chi connectivity index (χ4v) is 5.24. The van der Waals surface area contributed by atoms with E-state index in [2.05, 4.69) is 38.4 Å². The van der Waals surface area contributed by atoms with E-state index >= 15 is 0 Å². The van der Waals surface area contributed by atoms with Crippen molar-refractivity contribution in [2.75, 3.05) is 32.6 Å². The maximum Gasteiger partial charge on any atom is 0.261 e. The van der Waals surface area contributed by atoms with Crippen LogP contribution in [0.4, 0.5) is 5.95 Å². The minimum atomic E-state index is 0.0124. The van der Waals surface area contributed by atoms with Crippen LogP contribution in [0.25, 0.3) is 10.1 Å². The Morgan fingerprint density at radius 2 is 2.03 bits per heavy atom. The number of thiophene rings is 1. The standard InChI is InChI=1S/C22H27N5OS/c1-23-21(28)20-18(17-8-4-5-9-19(17)29-20)11-16-7-6-10-27(16)14-15-12-24-22(25-13-15)26(2)3/h4-5,8-9,12-13,16H,6-7,10-11,14H2,1-3H3,(H,23,28)/t16-/m1/s1. The third-order valence-electron chi connectivity index (χ3n) is 5.55. The maximum absolute atomic E-state index is 12.5. The summed E-state index contributed by atoms with van der Waals surface area (Å²) in [5, 5.41) is 4.02. The number of hydrogen-bond acceptors (Lipinski definition) is 6. The van der Waals surface area contributed by atoms with Crippen molar-refractivity contribution in [1.82, 2.24) is 20.2 Å². The lowest BCUT2D eigenvalue weighted by atomic mass is 10.00. The number of nitrogens with zero attached hydrogens (tertiary/aromatic N) is 4. The molecule has 4 rings (SSSR count). The van der Waals surface area contributed by atoms with Crippen LogP contribution in [0.15, 0.2) is 36.7 Å². The van der Waals surface area contributed by atoms with Gasteiger partial charge in [0.2, 0.25) is 5.95 Å². The fraction of sp³-hybridized carbons (Fsp3) is 0.409. The van der Waals surface area contributed by atoms with Gasteiger partial charge in [-0.3, -0.25) is 9.69 Å². The van der Waals surface area contributed by atoms with Gasteiger partial charge in [0.1, 0.15) is 0 Å². The molecule has 0 bridgehead atoms. The highest BCUT2D eigenvalue weighted by molar-refractivity contribution is 7.21. The van der Waals surface area contributed by atoms with E-state index in [1.165, 1.54) is 22.1 Å². The number of fused-ring (bicyclic) bond motifs is 1. The van der Waals surface area contributed by atoms with E-state index in [0.717, 1.165) is 42.3 Å². The Morgan fingerprint density at radius 3 is 2.76 bits per heavy atom. The number of benzene rings is 1. The first-order valence-electron chi connectivity index (χ1n) is 10.0. The Hall–Kier alpha value is -2.51. The van der Waals surface area contributed by atoms with E-state index in [9.17, 15) is 4.79 Å². The SMILES string of the molecule is CNC(=O)c1sc2ccccc2c1C[C@H]1CCCN1Cc1cnc(N(C)C)nc1. The van der Waals surface area contributed by atoms with Crippen molar-refractivity contribution >= 4 is 33.3 Å². The lowest BCUT2D eigenvalue weighted by Crippen LogP contribution is -2.31. The number of carbonyl (C=O) groups excluding carboxylic acids is 1. The highest BCUT2D eigenvalue weighted by Crippen LogP contribution is 2.34. The number of nitrogens with one attached hydrogen (secondary N) is 1. The zero-order chi connectivity index (χ0) is 20.4. The van der Waals surface area contributed by atoms with Crippen molar-refractivity contribution in [3.63, 3.8) is 0 Å². The summed E-state index contributed by atoms with van der Waals surface area (Å²) < 4.78 is 1.18. The molecule has 1 saturated heterocycles. The molecule has 2 aromatic heterocycles. The Kier molecular flexibility index (Phi) is 5.78. The Bertz CT molecular complexity index is 998. The summed E-state index contributed by atoms with van der Waals surface area (Å²) in [5.41, 5.74) is 2.31. The molecule has 1 aliphatic heterocycles. The fourth-order valence-electron chi connectivity index (χ4n) is 4.06. The third kappa shape index (κ3) is 4.11. The van der Waals surface area contributed by atoms with Crippen LogP contribution in [-0.4, -0.2) is 54.5 Å². The lowest BCUT2D eigenvalue weighted by molar-refractivity contribution is 0.0966. The zero-order valence-corrected chi connectivity index (χ0v) is 18.0. The Morgan fingerprint density at radius 1 is 1.28 bits per heavy atom. The Balaban J connectivity index is 1.56. The Labute approximate surface area is 175 Å². The van der Waals surface area contributed by atoms with Crippen molar-refractivity contribution in [1.29, 1.82) is 0 Å². The quantitative estimate of drug-likeness (QED) is 0.677. The van der Waals surface area contributed by atoms with E-state index in [1.807, 2.05) is 37.5 Å². The van der Waals surface area contributed by atoms with Gasteiger partial charge in [-0.25, -0.2) is 9.97 Å². The molecule has 1 atom stereocenters. The molecule has 6 nitrogen and oxygen atoms in total. The molecular formula is C22H27N5OS. The molecule has 1 amide bonds. The number of amides is 1. The van der Waals surface area contributed by atoms with Gasteiger partial charge >= 0.3 is 0 Å². The van der Waals surface area contributed by atoms with Crippen molar-refractivity contribution in [3.05, 3.63) is 52.7 Å². The predicted octanol–water partition coefficient (Wildman–Crippen LogP) is 3.32. The number of rotatable bonds is 6. The van der Waals surface area contributed by atoms with Crippen LogP contribution >= 0.6 is 11.3 Å². The summed E-state index contributed by atoms with van der Waals surface area (Å²) in [4.78, 5) is 26.7. The number of hydrogen-bond donors (Lipinski definition) is 1. The van der Waals surface area contributed by atoms with Crippen LogP contribution in [0.2, 0.25) is 0 Å². The minimum Gasteiger partial charge on any atom is -0.354 e. The first-order chi connectivity index (χ1) is 14.1. The van der Waals surface area contributed by atoms with Crippen LogP contribution in [-0.2, 0) is 13.0 Å². The van der Waals surface area contributed by atoms with Crippen LogP contribution in [0.3, 0.4) is 0 Å². The molecule has 1 N–H and O–H groups in total. The topological polar surface area (TPSA) is 61.4 Å². The summed E-state index contributed by atoms with van der Waals surface area (Å²) in [6, 6.07) is 8.76. The van der Waals surface area contributed by atoms with E-state index in [4.69, 9.17) is 0 Å². The first kappa shape index (κ1) is 19.8. The highest BCUT2D eigenvalue weighted by Gasteiger charge is 2.28. The second-order valence-corrected chi connectivity index (χ2v) is 8.79. The average Bonchev–Trinajstić information content (AvgIpc) is 3.33. The summed E-state index contributed by atoms with van der Waals surface area (Å²) in [6.45, 7) is 1.91. The lowest BCUT2D eigenvalue weighted by Gasteiger charge is -2.25. The summed E-state index contributed by atoms with van der Waals surface area (Å²) >= 11 is 1.59. The van der Waals surface area contributed by atoms with Crippen molar-refractivity contribution in [3.8, 4) is 0 Å². The molecule has 3 aromatic rings. The first-order valence-corrected chi connectivity index (χ1v) is 10.8. The molecule has 0 unspecified atom stereocenters. The van der Waals surface area contributed by atoms with Gasteiger partial charge in [0.05, 0.1) is 4.88 Å². The largest absolute Gasteiger partial charge is 0.354 e. The number of anilines is 1. The molecule has 152 valence electrons. The maximum atomic E-state index is 12.5. The number of carbonyl (C=O) groups is 1. The normalized spacial score (nSPS) is 17.0. The molecule has 0 spiro atoms. The summed E-state index contributed by atoms with van der Waals surface area (Å²) in [7, 11) is 5.59. The zero-order valence-electron chi connectivity index (χ0n) is 17.2. The molecule has 29 heavy (non-hydrogen) atoms. The van der Waals surface area contributed by atoms with Gasteiger partial charge in [0, 0.05) is 56.4 Å². The minimum absolute atomic E-state index is 0.0124. The van der Waals surface area contributed by atoms with Gasteiger partial charge in [-0.1, -0.05) is 18.2 Å². The van der Waals surface area contributed by atoms with Gasteiger partial charge in [-0.15, -0.1) is 11.3 Å². The molecule has 7 heteroatoms. The number of aromatic nitrogens is 2. The monoisotopic (exact) mass is 409 g/mol. The van der Waals surface area contributed by atoms with Crippen LogP contribution in [0.5, 0.6) is 0 Å². The second-order valence-electron chi connectivity index (χ2n) is 7.74. The molecule has 0 saturated carbocycles. The van der Waals surface area contributed by atoms with E-state index in [0.29, 0.717) is 6.04 Å². The van der Waals surface area contributed by atoms with E-state index in [-0.39, 0.29) is 5.91 Å². The van der Waals surface area contributed by atoms with Crippen molar-refractivity contribution in [2.24, 2.45) is 0 Å². The molecule has 1 aliphatic rings. The van der Waals surface area contributed by atoms with E-state index < -0.39 is 0 Å². The van der Waals surface area contributed by atoms with Crippen LogP contribution in [0, 0.1) is 0 Å². The van der Waals surface area contributed by atoms with Crippen molar-refractivity contribution in [2.45, 2.75) is 31.8 Å². The van der Waals surface area contributed by atoms with Crippen LogP contribution in [0.1, 0.15) is 33.6 Å². The van der Waals surface area contributed by atoms with Gasteiger partial charge in [-0.05, 0) is 42.8 Å². The van der Waals surface area contributed by atoms with Gasteiger partial charge in [0.15, 0.2) is 0 Å². The highest BCUT2D eigenvalue weighted by atomic mass is 32.1. The smallest absolute Gasteiger partial charge is 0.261 e. The van der Waals surface area contributed by atoms with Gasteiger partial charge < -0.3 is 10.2 Å². The molecular weight excluding hydrogens is 382 g/mol. The average molecular weight is 410 g/mol. The molecule has 0 radical (unpaired) electrons. The second kappa shape index (κ2) is 8.47. The summed E-state index contributed by atoms with van der Waals surface area (Å²) in [6.07, 6.45) is 7.07. The van der Waals surface area contributed by atoms with E-state index in [1.54, 1.807) is 18.4 Å². The predicted molar refractivity (Wildman–Crippen MR) is 119 cm³/mol. The molecule has 1 fully saturated rings. The van der Waals surface area contributed by atoms with Crippen molar-refractivity contribution < 1.29 is 4.79 Å². The molecule has 0 aliphatic carbocycles. The summed E-state index contributed by atoms with van der Waals surface area (Å²) in [5.74, 6) is 0.741. The molecule has 3 heterocycles. The molecule has 1 aromatic carbocycles. The van der Waals surface area contributed by atoms with Gasteiger partial charge in [0.25, 0.3) is 5.91 Å². The van der Waals surface area contributed by atoms with Crippen LogP contribution < -0.4 is 10.2 Å². The van der Waals surface area contributed by atoms with Gasteiger partial charge in [-0.2, -0.15) is 0 Å². The third-order valence-corrected chi connectivity index (χ3v) is 6.76. The number of likely N-dealkylation sites (tertiary alicyclic amines) is 1.